The van der Waals surface area contributed by atoms with Crippen LogP contribution in [0.5, 0.6) is 0 Å². The van der Waals surface area contributed by atoms with Crippen LogP contribution < -0.4 is 0 Å². The van der Waals surface area contributed by atoms with Gasteiger partial charge in [-0.05, 0) is 6.04 Å². The lowest BCUT2D eigenvalue weighted by molar-refractivity contribution is 1.18. The fraction of sp³-hybridized carbons (Fsp3) is 0.800. The van der Waals surface area contributed by atoms with Crippen molar-refractivity contribution in [1.29, 1.82) is 0 Å². The van der Waals surface area contributed by atoms with Crippen LogP contribution in [0.1, 0.15) is 13.3 Å². The van der Waals surface area contributed by atoms with Crippen molar-refractivity contribution >= 4 is 8.80 Å². The molecule has 0 nitrogen and oxygen atoms in total. The summed E-state index contributed by atoms with van der Waals surface area (Å²) < 4.78 is 0. The summed E-state index contributed by atoms with van der Waals surface area (Å²) in [5, 5.41) is 0. The Balaban J connectivity index is 2.63. The van der Waals surface area contributed by atoms with Crippen molar-refractivity contribution in [3.8, 4) is 0 Å². The average Bonchev–Trinajstić information content (AvgIpc) is 1.35. The summed E-state index contributed by atoms with van der Waals surface area (Å²) in [5.74, 6) is 0. The van der Waals surface area contributed by atoms with Gasteiger partial charge >= 0.3 is 0 Å². The molecule has 0 saturated carbocycles. The van der Waals surface area contributed by atoms with E-state index in [-0.39, 0.29) is 8.80 Å². The van der Waals surface area contributed by atoms with Gasteiger partial charge in [-0.25, -0.2) is 0 Å². The van der Waals surface area contributed by atoms with Crippen molar-refractivity contribution in [2.75, 3.05) is 0 Å². The largest absolute Gasteiger partial charge is 0.0720 e. The minimum absolute atomic E-state index is 0.296. The standard InChI is InChI=1S/C5H13Si/c1-4-5-6(2)3/h5-6H,4H2,1-3H3. The van der Waals surface area contributed by atoms with Gasteiger partial charge in [-0.3, -0.25) is 0 Å². The molecule has 6 heavy (non-hydrogen) atoms. The fourth-order valence-electron chi connectivity index (χ4n) is 0.471. The lowest BCUT2D eigenvalue weighted by Gasteiger charge is -1.93. The minimum Gasteiger partial charge on any atom is -0.0720 e. The van der Waals surface area contributed by atoms with E-state index >= 15 is 0 Å². The van der Waals surface area contributed by atoms with Gasteiger partial charge in [0.05, 0.1) is 0 Å². The zero-order valence-electron chi connectivity index (χ0n) is 4.86. The molecular weight excluding hydrogens is 88.1 g/mol. The van der Waals surface area contributed by atoms with Gasteiger partial charge < -0.3 is 0 Å². The van der Waals surface area contributed by atoms with Gasteiger partial charge in [0.25, 0.3) is 0 Å². The Bertz CT molecular complexity index is 25.1. The second-order valence-electron chi connectivity index (χ2n) is 1.89. The molecule has 0 rings (SSSR count). The molecule has 0 aromatic rings. The Morgan fingerprint density at radius 3 is 2.00 bits per heavy atom. The van der Waals surface area contributed by atoms with Gasteiger partial charge in [0.1, 0.15) is 0 Å². The second-order valence-corrected chi connectivity index (χ2v) is 4.85. The molecule has 0 amide bonds. The van der Waals surface area contributed by atoms with Gasteiger partial charge in [-0.1, -0.05) is 26.4 Å². The monoisotopic (exact) mass is 101 g/mol. The van der Waals surface area contributed by atoms with Crippen LogP contribution in [0.15, 0.2) is 0 Å². The van der Waals surface area contributed by atoms with Gasteiger partial charge in [-0.2, -0.15) is 0 Å². The molecule has 0 aliphatic rings. The molecular formula is C5H13Si. The van der Waals surface area contributed by atoms with Crippen LogP contribution in [0.25, 0.3) is 0 Å². The van der Waals surface area contributed by atoms with Crippen LogP contribution in [0.4, 0.5) is 0 Å². The van der Waals surface area contributed by atoms with Crippen molar-refractivity contribution < 1.29 is 0 Å². The van der Waals surface area contributed by atoms with E-state index in [0.717, 1.165) is 0 Å². The molecule has 0 spiro atoms. The Hall–Kier alpha value is 0.217. The third kappa shape index (κ3) is 4.22. The third-order valence-electron chi connectivity index (χ3n) is 0.707. The molecule has 0 fully saturated rings. The average molecular weight is 101 g/mol. The van der Waals surface area contributed by atoms with Crippen molar-refractivity contribution in [3.05, 3.63) is 6.04 Å². The van der Waals surface area contributed by atoms with Crippen LogP contribution >= 0.6 is 0 Å². The van der Waals surface area contributed by atoms with Crippen LogP contribution in [0.3, 0.4) is 0 Å². The zero-order chi connectivity index (χ0) is 4.99. The highest BCUT2D eigenvalue weighted by molar-refractivity contribution is 6.59. The molecule has 0 aromatic heterocycles. The normalized spacial score (nSPS) is 10.0. The molecule has 37 valence electrons. The molecule has 1 radical (unpaired) electrons. The Labute approximate surface area is 42.2 Å². The highest BCUT2D eigenvalue weighted by Gasteiger charge is 1.88. The van der Waals surface area contributed by atoms with E-state index < -0.39 is 0 Å². The van der Waals surface area contributed by atoms with Gasteiger partial charge in [-0.15, -0.1) is 0 Å². The first-order valence-electron chi connectivity index (χ1n) is 2.60. The SMILES string of the molecule is CC[CH][SiH](C)C. The number of rotatable bonds is 2. The Morgan fingerprint density at radius 2 is 2.00 bits per heavy atom. The van der Waals surface area contributed by atoms with E-state index in [4.69, 9.17) is 0 Å². The molecule has 1 heteroatoms. The lowest BCUT2D eigenvalue weighted by Crippen LogP contribution is -1.98. The van der Waals surface area contributed by atoms with Gasteiger partial charge in [0.2, 0.25) is 0 Å². The molecule has 0 heterocycles. The molecule has 0 saturated heterocycles. The van der Waals surface area contributed by atoms with E-state index in [1.54, 1.807) is 0 Å². The summed E-state index contributed by atoms with van der Waals surface area (Å²) in [6.07, 6.45) is 1.27. The predicted octanol–water partition coefficient (Wildman–Crippen LogP) is 1.63. The first kappa shape index (κ1) is 6.22. The van der Waals surface area contributed by atoms with Crippen molar-refractivity contribution in [1.82, 2.24) is 0 Å². The maximum atomic E-state index is 2.43. The van der Waals surface area contributed by atoms with Crippen LogP contribution in [-0.2, 0) is 0 Å². The summed E-state index contributed by atoms with van der Waals surface area (Å²) >= 11 is 0. The van der Waals surface area contributed by atoms with Gasteiger partial charge in [0.15, 0.2) is 0 Å². The molecule has 0 bridgehead atoms. The Kier molecular flexibility index (Phi) is 3.53. The second kappa shape index (κ2) is 3.41. The topological polar surface area (TPSA) is 0 Å². The minimum atomic E-state index is -0.296. The van der Waals surface area contributed by atoms with Gasteiger partial charge in [0, 0.05) is 8.80 Å². The quantitative estimate of drug-likeness (QED) is 0.464. The van der Waals surface area contributed by atoms with Crippen molar-refractivity contribution in [2.24, 2.45) is 0 Å². The fourth-order valence-corrected chi connectivity index (χ4v) is 1.41. The maximum Gasteiger partial charge on any atom is 0.0336 e. The first-order chi connectivity index (χ1) is 2.77. The summed E-state index contributed by atoms with van der Waals surface area (Å²) in [6.45, 7) is 6.88. The first-order valence-corrected chi connectivity index (χ1v) is 5.58. The molecule has 0 aromatic carbocycles. The van der Waals surface area contributed by atoms with Crippen molar-refractivity contribution in [2.45, 2.75) is 26.4 Å². The summed E-state index contributed by atoms with van der Waals surface area (Å²) in [5.41, 5.74) is 0. The molecule has 0 aliphatic carbocycles. The highest BCUT2D eigenvalue weighted by Crippen LogP contribution is 1.88. The number of hydrogen-bond acceptors (Lipinski definition) is 0. The van der Waals surface area contributed by atoms with Crippen LogP contribution in [0, 0.1) is 6.04 Å². The van der Waals surface area contributed by atoms with Crippen LogP contribution in [-0.4, -0.2) is 8.80 Å². The lowest BCUT2D eigenvalue weighted by atomic mass is 10.6. The molecule has 0 N–H and O–H groups in total. The van der Waals surface area contributed by atoms with Crippen LogP contribution in [0.2, 0.25) is 13.1 Å². The maximum absolute atomic E-state index is 2.43. The summed E-state index contributed by atoms with van der Waals surface area (Å²) in [6, 6.07) is 2.43. The Morgan fingerprint density at radius 1 is 1.50 bits per heavy atom. The molecule has 0 unspecified atom stereocenters. The van der Waals surface area contributed by atoms with E-state index in [9.17, 15) is 0 Å². The smallest absolute Gasteiger partial charge is 0.0336 e. The summed E-state index contributed by atoms with van der Waals surface area (Å²) in [4.78, 5) is 0. The predicted molar refractivity (Wildman–Crippen MR) is 33.5 cm³/mol. The molecule has 0 aliphatic heterocycles. The highest BCUT2D eigenvalue weighted by atomic mass is 28.3. The van der Waals surface area contributed by atoms with Crippen molar-refractivity contribution in [3.63, 3.8) is 0 Å². The third-order valence-corrected chi connectivity index (χ3v) is 2.12. The van der Waals surface area contributed by atoms with E-state index in [2.05, 4.69) is 26.1 Å². The zero-order valence-corrected chi connectivity index (χ0v) is 6.02. The van der Waals surface area contributed by atoms with E-state index in [0.29, 0.717) is 0 Å². The molecule has 0 atom stereocenters. The van der Waals surface area contributed by atoms with E-state index in [1.807, 2.05) is 0 Å². The number of hydrogen-bond donors (Lipinski definition) is 0. The summed E-state index contributed by atoms with van der Waals surface area (Å²) in [7, 11) is -0.296. The van der Waals surface area contributed by atoms with E-state index in [1.165, 1.54) is 6.42 Å².